The van der Waals surface area contributed by atoms with Gasteiger partial charge in [-0.15, -0.1) is 0 Å². The molecule has 13 aromatic rings. The van der Waals surface area contributed by atoms with E-state index in [1.54, 1.807) is 0 Å². The van der Waals surface area contributed by atoms with Gasteiger partial charge in [0, 0.05) is 54.8 Å². The molecule has 0 N–H and O–H groups in total. The second-order valence-electron chi connectivity index (χ2n) is 16.1. The molecule has 0 aliphatic heterocycles. The van der Waals surface area contributed by atoms with Crippen LogP contribution in [0.3, 0.4) is 0 Å². The molecule has 0 unspecified atom stereocenters. The predicted octanol–water partition coefficient (Wildman–Crippen LogP) is 14.2. The number of rotatable bonds is 6. The summed E-state index contributed by atoms with van der Waals surface area (Å²) in [6.07, 6.45) is 0. The van der Waals surface area contributed by atoms with E-state index in [-0.39, 0.29) is 0 Å². The fourth-order valence-electron chi connectivity index (χ4n) is 9.63. The molecule has 294 valence electrons. The second-order valence-corrected chi connectivity index (χ2v) is 16.1. The van der Waals surface area contributed by atoms with Crippen molar-refractivity contribution in [2.75, 3.05) is 0 Å². The molecule has 0 aliphatic rings. The molecule has 63 heavy (non-hydrogen) atoms. The Kier molecular flexibility index (Phi) is 7.80. The van der Waals surface area contributed by atoms with Crippen LogP contribution in [0.15, 0.2) is 218 Å². The molecule has 13 rings (SSSR count). The van der Waals surface area contributed by atoms with Gasteiger partial charge in [0.15, 0.2) is 11.6 Å². The van der Waals surface area contributed by atoms with E-state index in [1.165, 1.54) is 32.6 Å². The van der Waals surface area contributed by atoms with Gasteiger partial charge in [-0.1, -0.05) is 146 Å². The maximum absolute atomic E-state index is 5.25. The molecule has 4 aromatic heterocycles. The number of hydrogen-bond donors (Lipinski definition) is 0. The molecule has 0 radical (unpaired) electrons. The second kappa shape index (κ2) is 14.0. The minimum Gasteiger partial charge on any atom is -0.309 e. The van der Waals surface area contributed by atoms with Gasteiger partial charge in [-0.3, -0.25) is 4.57 Å². The highest BCUT2D eigenvalue weighted by molar-refractivity contribution is 6.19. The Hall–Kier alpha value is -8.61. The van der Waals surface area contributed by atoms with Crippen molar-refractivity contribution >= 4 is 65.4 Å². The summed E-state index contributed by atoms with van der Waals surface area (Å²) >= 11 is 0. The number of para-hydroxylation sites is 5. The summed E-state index contributed by atoms with van der Waals surface area (Å²) in [6, 6.07) is 77.4. The molecule has 0 bridgehead atoms. The third-order valence-electron chi connectivity index (χ3n) is 12.5. The van der Waals surface area contributed by atoms with Gasteiger partial charge in [-0.05, 0) is 83.9 Å². The molecule has 6 heteroatoms. The Bertz CT molecular complexity index is 3830. The third-order valence-corrected chi connectivity index (χ3v) is 12.5. The zero-order chi connectivity index (χ0) is 41.4. The Labute approximate surface area is 362 Å². The first kappa shape index (κ1) is 35.2. The van der Waals surface area contributed by atoms with Crippen LogP contribution in [0.2, 0.25) is 0 Å². The lowest BCUT2D eigenvalue weighted by Gasteiger charge is -2.12. The Morgan fingerprint density at radius 1 is 0.238 bits per heavy atom. The lowest BCUT2D eigenvalue weighted by atomic mass is 10.0. The van der Waals surface area contributed by atoms with E-state index in [1.807, 2.05) is 6.07 Å². The summed E-state index contributed by atoms with van der Waals surface area (Å²) in [5.74, 6) is 1.79. The van der Waals surface area contributed by atoms with E-state index < -0.39 is 0 Å². The minimum atomic E-state index is 0.574. The summed E-state index contributed by atoms with van der Waals surface area (Å²) in [6.45, 7) is 0. The fourth-order valence-corrected chi connectivity index (χ4v) is 9.63. The average molecular weight is 805 g/mol. The van der Waals surface area contributed by atoms with Gasteiger partial charge in [0.1, 0.15) is 0 Å². The fraction of sp³-hybridized carbons (Fsp3) is 0. The van der Waals surface area contributed by atoms with Crippen molar-refractivity contribution in [1.29, 1.82) is 0 Å². The number of benzene rings is 9. The standard InChI is InChI=1S/C57H36N6/c1-3-15-37(16-4-1)38-27-29-39(30-28-38)55-58-56(60-57(59-55)63-51-25-13-7-19-43(51)44-20-8-14-26-52(44)63)40-31-33-42(34-32-40)62-50-24-12-10-22-46(50)48-35-53-47(36-54(48)62)45-21-9-11-23-49(45)61(53)41-17-5-2-6-18-41/h1-36H. The summed E-state index contributed by atoms with van der Waals surface area (Å²) < 4.78 is 6.94. The zero-order valence-electron chi connectivity index (χ0n) is 34.0. The third kappa shape index (κ3) is 5.55. The Balaban J connectivity index is 0.984. The van der Waals surface area contributed by atoms with Gasteiger partial charge in [-0.25, -0.2) is 4.98 Å². The average Bonchev–Trinajstić information content (AvgIpc) is 3.99. The van der Waals surface area contributed by atoms with Crippen molar-refractivity contribution in [3.05, 3.63) is 218 Å². The lowest BCUT2D eigenvalue weighted by Crippen LogP contribution is -2.06. The minimum absolute atomic E-state index is 0.574. The number of hydrogen-bond acceptors (Lipinski definition) is 3. The van der Waals surface area contributed by atoms with Crippen LogP contribution in [0.1, 0.15) is 0 Å². The molecule has 0 saturated heterocycles. The van der Waals surface area contributed by atoms with Crippen molar-refractivity contribution in [3.8, 4) is 51.2 Å². The molecular formula is C57H36N6. The highest BCUT2D eigenvalue weighted by Crippen LogP contribution is 2.40. The van der Waals surface area contributed by atoms with E-state index in [4.69, 9.17) is 15.0 Å². The van der Waals surface area contributed by atoms with E-state index >= 15 is 0 Å². The maximum Gasteiger partial charge on any atom is 0.238 e. The normalized spacial score (nSPS) is 11.8. The van der Waals surface area contributed by atoms with E-state index in [2.05, 4.69) is 226 Å². The summed E-state index contributed by atoms with van der Waals surface area (Å²) in [7, 11) is 0. The number of aromatic nitrogens is 6. The molecule has 0 fully saturated rings. The molecule has 0 atom stereocenters. The van der Waals surface area contributed by atoms with E-state index in [0.29, 0.717) is 17.6 Å². The lowest BCUT2D eigenvalue weighted by molar-refractivity contribution is 0.953. The van der Waals surface area contributed by atoms with Gasteiger partial charge >= 0.3 is 0 Å². The van der Waals surface area contributed by atoms with Crippen molar-refractivity contribution in [3.63, 3.8) is 0 Å². The first-order valence-corrected chi connectivity index (χ1v) is 21.3. The van der Waals surface area contributed by atoms with Crippen LogP contribution in [0.5, 0.6) is 0 Å². The molecular weight excluding hydrogens is 769 g/mol. The van der Waals surface area contributed by atoms with Gasteiger partial charge in [0.05, 0.1) is 33.1 Å². The van der Waals surface area contributed by atoms with Gasteiger partial charge < -0.3 is 9.13 Å². The Morgan fingerprint density at radius 3 is 1.08 bits per heavy atom. The topological polar surface area (TPSA) is 53.5 Å². The highest BCUT2D eigenvalue weighted by atomic mass is 15.2. The Morgan fingerprint density at radius 2 is 0.587 bits per heavy atom. The molecule has 0 spiro atoms. The maximum atomic E-state index is 5.25. The number of nitrogens with zero attached hydrogens (tertiary/aromatic N) is 6. The van der Waals surface area contributed by atoms with Crippen LogP contribution in [0.4, 0.5) is 0 Å². The molecule has 9 aromatic carbocycles. The van der Waals surface area contributed by atoms with Gasteiger partial charge in [0.2, 0.25) is 5.95 Å². The monoisotopic (exact) mass is 804 g/mol. The van der Waals surface area contributed by atoms with E-state index in [9.17, 15) is 0 Å². The van der Waals surface area contributed by atoms with Crippen molar-refractivity contribution in [2.24, 2.45) is 0 Å². The van der Waals surface area contributed by atoms with Crippen LogP contribution in [0.25, 0.3) is 117 Å². The first-order chi connectivity index (χ1) is 31.2. The van der Waals surface area contributed by atoms with Crippen LogP contribution >= 0.6 is 0 Å². The van der Waals surface area contributed by atoms with Crippen LogP contribution in [-0.2, 0) is 0 Å². The molecule has 0 amide bonds. The summed E-state index contributed by atoms with van der Waals surface area (Å²) in [5, 5.41) is 7.17. The SMILES string of the molecule is c1ccc(-c2ccc(-c3nc(-c4ccc(-n5c6ccccc6c6cc7c(cc65)c5ccccc5n7-c5ccccc5)cc4)nc(-n4c5ccccc5c5ccccc54)n3)cc2)cc1. The molecule has 6 nitrogen and oxygen atoms in total. The number of fused-ring (bicyclic) bond motifs is 9. The van der Waals surface area contributed by atoms with Crippen LogP contribution in [0, 0.1) is 0 Å². The zero-order valence-corrected chi connectivity index (χ0v) is 34.0. The molecule has 0 aliphatic carbocycles. The van der Waals surface area contributed by atoms with Crippen molar-refractivity contribution in [2.45, 2.75) is 0 Å². The van der Waals surface area contributed by atoms with Gasteiger partial charge in [-0.2, -0.15) is 9.97 Å². The first-order valence-electron chi connectivity index (χ1n) is 21.3. The smallest absolute Gasteiger partial charge is 0.238 e. The van der Waals surface area contributed by atoms with Crippen molar-refractivity contribution in [1.82, 2.24) is 28.7 Å². The van der Waals surface area contributed by atoms with Gasteiger partial charge in [0.25, 0.3) is 0 Å². The summed E-state index contributed by atoms with van der Waals surface area (Å²) in [4.78, 5) is 15.6. The van der Waals surface area contributed by atoms with Crippen LogP contribution in [-0.4, -0.2) is 28.7 Å². The molecule has 0 saturated carbocycles. The quantitative estimate of drug-likeness (QED) is 0.168. The van der Waals surface area contributed by atoms with Crippen molar-refractivity contribution < 1.29 is 0 Å². The predicted molar refractivity (Wildman–Crippen MR) is 259 cm³/mol. The van der Waals surface area contributed by atoms with Crippen LogP contribution < -0.4 is 0 Å². The molecule has 4 heterocycles. The van der Waals surface area contributed by atoms with E-state index in [0.717, 1.165) is 66.5 Å². The largest absolute Gasteiger partial charge is 0.309 e. The highest BCUT2D eigenvalue weighted by Gasteiger charge is 2.20. The summed E-state index contributed by atoms with van der Waals surface area (Å²) in [5.41, 5.74) is 13.1.